The first kappa shape index (κ1) is 13.1. The summed E-state index contributed by atoms with van der Waals surface area (Å²) in [6.45, 7) is 0.358. The number of hydrogen-bond donors (Lipinski definition) is 1. The van der Waals surface area contributed by atoms with Gasteiger partial charge in [0.25, 0.3) is 0 Å². The van der Waals surface area contributed by atoms with E-state index < -0.39 is 0 Å². The highest BCUT2D eigenvalue weighted by Gasteiger charge is 2.09. The topological polar surface area (TPSA) is 32.3 Å². The smallest absolute Gasteiger partial charge is 0.321 e. The molecule has 0 spiro atoms. The van der Waals surface area contributed by atoms with Gasteiger partial charge in [-0.15, -0.1) is 0 Å². The van der Waals surface area contributed by atoms with Crippen LogP contribution in [-0.4, -0.2) is 18.0 Å². The number of benzene rings is 2. The molecular formula is C15H15FN2O. The predicted molar refractivity (Wildman–Crippen MR) is 73.3 cm³/mol. The van der Waals surface area contributed by atoms with Crippen LogP contribution in [0.5, 0.6) is 0 Å². The van der Waals surface area contributed by atoms with Crippen molar-refractivity contribution in [1.82, 2.24) is 4.90 Å². The maximum absolute atomic E-state index is 13.0. The minimum Gasteiger partial charge on any atom is -0.323 e. The number of amides is 2. The fraction of sp³-hybridized carbons (Fsp3) is 0.133. The summed E-state index contributed by atoms with van der Waals surface area (Å²) < 4.78 is 13.0. The van der Waals surface area contributed by atoms with Crippen molar-refractivity contribution in [2.45, 2.75) is 6.54 Å². The summed E-state index contributed by atoms with van der Waals surface area (Å²) in [4.78, 5) is 13.4. The molecule has 2 amide bonds. The quantitative estimate of drug-likeness (QED) is 0.898. The number of hydrogen-bond acceptors (Lipinski definition) is 1. The Morgan fingerprint density at radius 3 is 2.58 bits per heavy atom. The Bertz CT molecular complexity index is 557. The van der Waals surface area contributed by atoms with Gasteiger partial charge in [-0.1, -0.05) is 30.3 Å². The molecule has 0 saturated carbocycles. The molecule has 2 aromatic carbocycles. The molecule has 0 fully saturated rings. The first-order valence-electron chi connectivity index (χ1n) is 5.97. The molecule has 3 nitrogen and oxygen atoms in total. The van der Waals surface area contributed by atoms with Crippen molar-refractivity contribution in [3.05, 3.63) is 66.0 Å². The number of carbonyl (C=O) groups is 1. The number of rotatable bonds is 3. The zero-order chi connectivity index (χ0) is 13.7. The molecule has 0 unspecified atom stereocenters. The normalized spacial score (nSPS) is 10.0. The van der Waals surface area contributed by atoms with Gasteiger partial charge in [0, 0.05) is 19.3 Å². The van der Waals surface area contributed by atoms with E-state index in [2.05, 4.69) is 5.32 Å². The maximum atomic E-state index is 13.0. The van der Waals surface area contributed by atoms with Crippen LogP contribution in [-0.2, 0) is 6.54 Å². The van der Waals surface area contributed by atoms with Crippen LogP contribution in [0.4, 0.5) is 14.9 Å². The Morgan fingerprint density at radius 1 is 1.16 bits per heavy atom. The second-order valence-corrected chi connectivity index (χ2v) is 4.28. The van der Waals surface area contributed by atoms with Gasteiger partial charge in [0.1, 0.15) is 5.82 Å². The lowest BCUT2D eigenvalue weighted by Gasteiger charge is -2.18. The lowest BCUT2D eigenvalue weighted by atomic mass is 10.2. The van der Waals surface area contributed by atoms with Crippen LogP contribution in [0.2, 0.25) is 0 Å². The van der Waals surface area contributed by atoms with Crippen molar-refractivity contribution >= 4 is 11.7 Å². The van der Waals surface area contributed by atoms with Gasteiger partial charge in [0.15, 0.2) is 0 Å². The summed E-state index contributed by atoms with van der Waals surface area (Å²) in [6, 6.07) is 15.2. The first-order valence-corrected chi connectivity index (χ1v) is 5.97. The van der Waals surface area contributed by atoms with Crippen molar-refractivity contribution in [3.8, 4) is 0 Å². The van der Waals surface area contributed by atoms with Crippen LogP contribution < -0.4 is 5.32 Å². The highest BCUT2D eigenvalue weighted by Crippen LogP contribution is 2.09. The van der Waals surface area contributed by atoms with Crippen molar-refractivity contribution in [2.75, 3.05) is 12.4 Å². The summed E-state index contributed by atoms with van der Waals surface area (Å²) >= 11 is 0. The number of halogens is 1. The highest BCUT2D eigenvalue weighted by atomic mass is 19.1. The Morgan fingerprint density at radius 2 is 1.89 bits per heavy atom. The highest BCUT2D eigenvalue weighted by molar-refractivity contribution is 5.89. The lowest BCUT2D eigenvalue weighted by molar-refractivity contribution is 0.220. The van der Waals surface area contributed by atoms with Crippen LogP contribution in [0, 0.1) is 5.82 Å². The molecule has 0 atom stereocenters. The van der Waals surface area contributed by atoms with Gasteiger partial charge < -0.3 is 10.2 Å². The first-order chi connectivity index (χ1) is 9.15. The standard InChI is InChI=1S/C15H15FN2O/c1-18(11-12-6-5-7-13(16)10-12)15(19)17-14-8-3-2-4-9-14/h2-10H,11H2,1H3,(H,17,19). The molecule has 0 saturated heterocycles. The van der Waals surface area contributed by atoms with E-state index in [1.54, 1.807) is 19.2 Å². The number of urea groups is 1. The number of nitrogens with zero attached hydrogens (tertiary/aromatic N) is 1. The van der Waals surface area contributed by atoms with Gasteiger partial charge in [-0.05, 0) is 29.8 Å². The van der Waals surface area contributed by atoms with E-state index in [9.17, 15) is 9.18 Å². The van der Waals surface area contributed by atoms with Crippen molar-refractivity contribution in [3.63, 3.8) is 0 Å². The molecule has 4 heteroatoms. The number of para-hydroxylation sites is 1. The van der Waals surface area contributed by atoms with E-state index in [1.807, 2.05) is 30.3 Å². The second kappa shape index (κ2) is 6.00. The van der Waals surface area contributed by atoms with Gasteiger partial charge in [0.05, 0.1) is 0 Å². The SMILES string of the molecule is CN(Cc1cccc(F)c1)C(=O)Nc1ccccc1. The molecule has 98 valence electrons. The van der Waals surface area contributed by atoms with E-state index in [0.717, 1.165) is 11.3 Å². The Balaban J connectivity index is 1.96. The van der Waals surface area contributed by atoms with E-state index in [-0.39, 0.29) is 11.8 Å². The van der Waals surface area contributed by atoms with E-state index in [1.165, 1.54) is 17.0 Å². The van der Waals surface area contributed by atoms with E-state index in [4.69, 9.17) is 0 Å². The monoisotopic (exact) mass is 258 g/mol. The predicted octanol–water partition coefficient (Wildman–Crippen LogP) is 3.49. The zero-order valence-corrected chi connectivity index (χ0v) is 10.6. The molecule has 0 radical (unpaired) electrons. The van der Waals surface area contributed by atoms with Crippen LogP contribution in [0.25, 0.3) is 0 Å². The minimum atomic E-state index is -0.297. The van der Waals surface area contributed by atoms with Crippen molar-refractivity contribution in [1.29, 1.82) is 0 Å². The molecule has 0 aliphatic rings. The third kappa shape index (κ3) is 3.81. The number of carbonyl (C=O) groups excluding carboxylic acids is 1. The summed E-state index contributed by atoms with van der Waals surface area (Å²) in [7, 11) is 1.67. The average molecular weight is 258 g/mol. The molecule has 1 N–H and O–H groups in total. The van der Waals surface area contributed by atoms with Gasteiger partial charge in [-0.2, -0.15) is 0 Å². The maximum Gasteiger partial charge on any atom is 0.321 e. The minimum absolute atomic E-state index is 0.226. The van der Waals surface area contributed by atoms with Gasteiger partial charge in [-0.3, -0.25) is 0 Å². The number of anilines is 1. The van der Waals surface area contributed by atoms with Crippen LogP contribution >= 0.6 is 0 Å². The molecule has 0 aliphatic heterocycles. The van der Waals surface area contributed by atoms with Crippen LogP contribution in [0.15, 0.2) is 54.6 Å². The molecule has 0 heterocycles. The third-order valence-electron chi connectivity index (χ3n) is 2.68. The molecule has 2 aromatic rings. The largest absolute Gasteiger partial charge is 0.323 e. The van der Waals surface area contributed by atoms with Crippen LogP contribution in [0.3, 0.4) is 0 Å². The Kier molecular flexibility index (Phi) is 4.13. The van der Waals surface area contributed by atoms with E-state index in [0.29, 0.717) is 6.54 Å². The van der Waals surface area contributed by atoms with Gasteiger partial charge >= 0.3 is 6.03 Å². The summed E-state index contributed by atoms with van der Waals surface area (Å²) in [5.74, 6) is -0.297. The zero-order valence-electron chi connectivity index (χ0n) is 10.6. The molecule has 19 heavy (non-hydrogen) atoms. The van der Waals surface area contributed by atoms with E-state index >= 15 is 0 Å². The molecule has 0 aliphatic carbocycles. The molecule has 2 rings (SSSR count). The van der Waals surface area contributed by atoms with Gasteiger partial charge in [-0.25, -0.2) is 9.18 Å². The summed E-state index contributed by atoms with van der Waals surface area (Å²) in [5, 5.41) is 2.77. The molecule has 0 aromatic heterocycles. The fourth-order valence-corrected chi connectivity index (χ4v) is 1.72. The summed E-state index contributed by atoms with van der Waals surface area (Å²) in [5.41, 5.74) is 1.49. The molecule has 0 bridgehead atoms. The fourth-order valence-electron chi connectivity index (χ4n) is 1.72. The van der Waals surface area contributed by atoms with Crippen molar-refractivity contribution < 1.29 is 9.18 Å². The molecular weight excluding hydrogens is 243 g/mol. The van der Waals surface area contributed by atoms with Gasteiger partial charge in [0.2, 0.25) is 0 Å². The second-order valence-electron chi connectivity index (χ2n) is 4.28. The van der Waals surface area contributed by atoms with Crippen LogP contribution in [0.1, 0.15) is 5.56 Å². The lowest BCUT2D eigenvalue weighted by Crippen LogP contribution is -2.30. The Labute approximate surface area is 111 Å². The Hall–Kier alpha value is -2.36. The summed E-state index contributed by atoms with van der Waals surface area (Å²) in [6.07, 6.45) is 0. The average Bonchev–Trinajstić information content (AvgIpc) is 2.40. The number of nitrogens with one attached hydrogen (secondary N) is 1. The third-order valence-corrected chi connectivity index (χ3v) is 2.68. The van der Waals surface area contributed by atoms with Crippen molar-refractivity contribution in [2.24, 2.45) is 0 Å².